The molecule has 5 heteroatoms. The summed E-state index contributed by atoms with van der Waals surface area (Å²) in [6.45, 7) is 3.48. The minimum absolute atomic E-state index is 0.117. The van der Waals surface area contributed by atoms with E-state index in [1.165, 1.54) is 10.1 Å². The van der Waals surface area contributed by atoms with Crippen LogP contribution in [0.1, 0.15) is 30.5 Å². The second-order valence-electron chi connectivity index (χ2n) is 4.92. The van der Waals surface area contributed by atoms with Gasteiger partial charge in [0, 0.05) is 11.6 Å². The van der Waals surface area contributed by atoms with E-state index in [0.29, 0.717) is 12.0 Å². The molecule has 1 unspecified atom stereocenters. The van der Waals surface area contributed by atoms with Crippen LogP contribution in [0.2, 0.25) is 5.15 Å². The van der Waals surface area contributed by atoms with Crippen LogP contribution in [-0.2, 0) is 6.42 Å². The molecule has 1 atom stereocenters. The lowest BCUT2D eigenvalue weighted by molar-refractivity contribution is 0.469. The highest BCUT2D eigenvalue weighted by molar-refractivity contribution is 6.30. The zero-order chi connectivity index (χ0) is 14.7. The van der Waals surface area contributed by atoms with Crippen LogP contribution in [0.3, 0.4) is 0 Å². The third-order valence-corrected chi connectivity index (χ3v) is 3.82. The molecule has 2 aromatic rings. The maximum atomic E-state index is 12.1. The summed E-state index contributed by atoms with van der Waals surface area (Å²) in [5.74, 6) is 0. The molecule has 4 nitrogen and oxygen atoms in total. The summed E-state index contributed by atoms with van der Waals surface area (Å²) in [5.41, 5.74) is 0.790. The predicted molar refractivity (Wildman–Crippen MR) is 80.5 cm³/mol. The van der Waals surface area contributed by atoms with Crippen LogP contribution < -0.4 is 11.2 Å². The Hall–Kier alpha value is -1.81. The Kier molecular flexibility index (Phi) is 4.45. The topological polar surface area (TPSA) is 54.9 Å². The highest BCUT2D eigenvalue weighted by Gasteiger charge is 2.14. The minimum atomic E-state index is -0.453. The van der Waals surface area contributed by atoms with Gasteiger partial charge in [0.15, 0.2) is 0 Å². The first-order valence-corrected chi connectivity index (χ1v) is 6.93. The molecule has 0 spiro atoms. The van der Waals surface area contributed by atoms with E-state index in [-0.39, 0.29) is 16.8 Å². The van der Waals surface area contributed by atoms with Gasteiger partial charge in [-0.15, -0.1) is 0 Å². The number of nitrogens with zero attached hydrogens (tertiary/aromatic N) is 1. The fourth-order valence-corrected chi connectivity index (χ4v) is 2.33. The smallest absolute Gasteiger partial charge is 0.297 e. The van der Waals surface area contributed by atoms with E-state index in [1.807, 2.05) is 37.3 Å². The summed E-state index contributed by atoms with van der Waals surface area (Å²) < 4.78 is 1.24. The van der Waals surface area contributed by atoms with Gasteiger partial charge < -0.3 is 0 Å². The Morgan fingerprint density at radius 2 is 1.90 bits per heavy atom. The lowest BCUT2D eigenvalue weighted by Crippen LogP contribution is -2.38. The predicted octanol–water partition coefficient (Wildman–Crippen LogP) is 2.69. The first-order valence-electron chi connectivity index (χ1n) is 6.55. The zero-order valence-corrected chi connectivity index (χ0v) is 12.3. The third-order valence-electron chi connectivity index (χ3n) is 3.44. The van der Waals surface area contributed by atoms with Crippen molar-refractivity contribution in [3.63, 3.8) is 0 Å². The third kappa shape index (κ3) is 3.02. The Morgan fingerprint density at radius 3 is 2.55 bits per heavy atom. The minimum Gasteiger partial charge on any atom is -0.297 e. The fourth-order valence-electron chi connectivity index (χ4n) is 2.16. The number of rotatable bonds is 4. The molecule has 20 heavy (non-hydrogen) atoms. The maximum Gasteiger partial charge on any atom is 0.329 e. The number of H-pyrrole nitrogens is 1. The lowest BCUT2D eigenvalue weighted by Gasteiger charge is -2.15. The number of nitrogens with one attached hydrogen (secondary N) is 1. The summed E-state index contributed by atoms with van der Waals surface area (Å²) in [5, 5.41) is 0.117. The molecule has 106 valence electrons. The van der Waals surface area contributed by atoms with Crippen LogP contribution in [0, 0.1) is 6.92 Å². The molecule has 0 aliphatic rings. The van der Waals surface area contributed by atoms with Gasteiger partial charge in [-0.2, -0.15) is 0 Å². The Labute approximate surface area is 122 Å². The molecule has 1 aromatic heterocycles. The van der Waals surface area contributed by atoms with Gasteiger partial charge in [0.1, 0.15) is 5.15 Å². The highest BCUT2D eigenvalue weighted by Crippen LogP contribution is 2.12. The number of hydrogen-bond donors (Lipinski definition) is 1. The van der Waals surface area contributed by atoms with Crippen molar-refractivity contribution >= 4 is 11.6 Å². The van der Waals surface area contributed by atoms with E-state index < -0.39 is 5.69 Å². The summed E-state index contributed by atoms with van der Waals surface area (Å²) in [4.78, 5) is 26.5. The van der Waals surface area contributed by atoms with Crippen LogP contribution in [0.4, 0.5) is 0 Å². The van der Waals surface area contributed by atoms with Gasteiger partial charge in [0.25, 0.3) is 5.56 Å². The molecular formula is C15H17ClN2O2. The van der Waals surface area contributed by atoms with E-state index in [4.69, 9.17) is 11.6 Å². The normalized spacial score (nSPS) is 12.3. The molecule has 0 radical (unpaired) electrons. The van der Waals surface area contributed by atoms with Crippen LogP contribution in [-0.4, -0.2) is 9.55 Å². The van der Waals surface area contributed by atoms with Gasteiger partial charge in [0.05, 0.1) is 0 Å². The number of aromatic amines is 1. The van der Waals surface area contributed by atoms with E-state index in [9.17, 15) is 9.59 Å². The average Bonchev–Trinajstić information content (AvgIpc) is 2.44. The maximum absolute atomic E-state index is 12.1. The van der Waals surface area contributed by atoms with Crippen molar-refractivity contribution in [3.8, 4) is 0 Å². The number of hydrogen-bond acceptors (Lipinski definition) is 2. The molecule has 0 amide bonds. The average molecular weight is 293 g/mol. The molecule has 0 saturated carbocycles. The van der Waals surface area contributed by atoms with Crippen molar-refractivity contribution < 1.29 is 0 Å². The van der Waals surface area contributed by atoms with Crippen molar-refractivity contribution in [2.75, 3.05) is 0 Å². The lowest BCUT2D eigenvalue weighted by atomic mass is 10.1. The van der Waals surface area contributed by atoms with Crippen LogP contribution >= 0.6 is 11.6 Å². The highest BCUT2D eigenvalue weighted by atomic mass is 35.5. The van der Waals surface area contributed by atoms with E-state index >= 15 is 0 Å². The van der Waals surface area contributed by atoms with Crippen LogP contribution in [0.25, 0.3) is 0 Å². The van der Waals surface area contributed by atoms with Gasteiger partial charge in [-0.3, -0.25) is 14.3 Å². The molecule has 0 aliphatic heterocycles. The largest absolute Gasteiger partial charge is 0.329 e. The van der Waals surface area contributed by atoms with Crippen molar-refractivity contribution in [3.05, 3.63) is 67.4 Å². The van der Waals surface area contributed by atoms with Crippen molar-refractivity contribution in [2.45, 2.75) is 32.7 Å². The molecule has 1 heterocycles. The van der Waals surface area contributed by atoms with Gasteiger partial charge in [0.2, 0.25) is 0 Å². The quantitative estimate of drug-likeness (QED) is 0.881. The first kappa shape index (κ1) is 14.6. The molecule has 2 rings (SSSR count). The van der Waals surface area contributed by atoms with E-state index in [1.54, 1.807) is 6.92 Å². The van der Waals surface area contributed by atoms with E-state index in [2.05, 4.69) is 4.98 Å². The standard InChI is InChI=1S/C15H17ClN2O2/c1-10(8-9-12-6-4-3-5-7-12)18-14(19)11(2)13(16)17-15(18)20/h3-7,10H,8-9H2,1-2H3,(H,17,20). The fraction of sp³-hybridized carbons (Fsp3) is 0.333. The molecule has 1 aromatic carbocycles. The number of aromatic nitrogens is 2. The molecule has 0 fully saturated rings. The monoisotopic (exact) mass is 292 g/mol. The van der Waals surface area contributed by atoms with Crippen molar-refractivity contribution in [1.82, 2.24) is 9.55 Å². The van der Waals surface area contributed by atoms with Gasteiger partial charge in [-0.05, 0) is 32.3 Å². The molecule has 0 saturated heterocycles. The summed E-state index contributed by atoms with van der Waals surface area (Å²) >= 11 is 5.80. The molecule has 0 aliphatic carbocycles. The zero-order valence-electron chi connectivity index (χ0n) is 11.5. The summed E-state index contributed by atoms with van der Waals surface area (Å²) in [6, 6.07) is 9.81. The first-order chi connectivity index (χ1) is 9.50. The van der Waals surface area contributed by atoms with Gasteiger partial charge in [-0.1, -0.05) is 41.9 Å². The SMILES string of the molecule is Cc1c(Cl)[nH]c(=O)n(C(C)CCc2ccccc2)c1=O. The Balaban J connectivity index is 2.22. The van der Waals surface area contributed by atoms with Gasteiger partial charge in [-0.25, -0.2) is 4.79 Å². The van der Waals surface area contributed by atoms with Crippen LogP contribution in [0.15, 0.2) is 39.9 Å². The molecular weight excluding hydrogens is 276 g/mol. The molecule has 1 N–H and O–H groups in total. The molecule has 0 bridgehead atoms. The second-order valence-corrected chi connectivity index (χ2v) is 5.30. The number of aryl methyl sites for hydroxylation is 1. The number of benzene rings is 1. The van der Waals surface area contributed by atoms with Crippen molar-refractivity contribution in [1.29, 1.82) is 0 Å². The van der Waals surface area contributed by atoms with Crippen molar-refractivity contribution in [2.24, 2.45) is 0 Å². The number of halogens is 1. The van der Waals surface area contributed by atoms with Gasteiger partial charge >= 0.3 is 5.69 Å². The Morgan fingerprint density at radius 1 is 1.25 bits per heavy atom. The second kappa shape index (κ2) is 6.09. The van der Waals surface area contributed by atoms with Crippen LogP contribution in [0.5, 0.6) is 0 Å². The Bertz CT molecular complexity index is 704. The summed E-state index contributed by atoms with van der Waals surface area (Å²) in [6.07, 6.45) is 1.53. The van der Waals surface area contributed by atoms with E-state index in [0.717, 1.165) is 6.42 Å². The summed E-state index contributed by atoms with van der Waals surface area (Å²) in [7, 11) is 0.